The van der Waals surface area contributed by atoms with E-state index in [4.69, 9.17) is 4.74 Å². The van der Waals surface area contributed by atoms with Crippen LogP contribution in [0.15, 0.2) is 28.7 Å². The maximum atomic E-state index is 12.4. The number of hydrogen-bond donors (Lipinski definition) is 0. The van der Waals surface area contributed by atoms with Crippen LogP contribution < -0.4 is 0 Å². The van der Waals surface area contributed by atoms with Gasteiger partial charge in [-0.2, -0.15) is 0 Å². The van der Waals surface area contributed by atoms with Gasteiger partial charge in [0.15, 0.2) is 0 Å². The van der Waals surface area contributed by atoms with Gasteiger partial charge < -0.3 is 14.5 Å². The van der Waals surface area contributed by atoms with E-state index in [1.54, 1.807) is 4.90 Å². The molecule has 2 amide bonds. The van der Waals surface area contributed by atoms with Crippen molar-refractivity contribution >= 4 is 27.7 Å². The summed E-state index contributed by atoms with van der Waals surface area (Å²) in [5.41, 5.74) is 1.08. The molecule has 6 heteroatoms. The van der Waals surface area contributed by atoms with Gasteiger partial charge in [0, 0.05) is 36.9 Å². The van der Waals surface area contributed by atoms with Gasteiger partial charge in [-0.3, -0.25) is 9.59 Å². The molecule has 1 unspecified atom stereocenters. The van der Waals surface area contributed by atoms with E-state index in [1.165, 1.54) is 0 Å². The fraction of sp³-hybridized carbons (Fsp3) is 0.529. The summed E-state index contributed by atoms with van der Waals surface area (Å²) in [6, 6.07) is 8.01. The number of rotatable bonds is 4. The number of carbonyl (C=O) groups excluding carboxylic acids is 2. The molecule has 23 heavy (non-hydrogen) atoms. The second kappa shape index (κ2) is 7.45. The molecule has 1 aromatic rings. The van der Waals surface area contributed by atoms with Crippen molar-refractivity contribution in [3.63, 3.8) is 0 Å². The smallest absolute Gasteiger partial charge is 0.224 e. The monoisotopic (exact) mass is 380 g/mol. The largest absolute Gasteiger partial charge is 0.370 e. The molecule has 2 aliphatic rings. The number of carbonyl (C=O) groups is 2. The van der Waals surface area contributed by atoms with Crippen LogP contribution >= 0.6 is 15.9 Å². The van der Waals surface area contributed by atoms with Crippen LogP contribution in [0, 0.1) is 0 Å². The number of morpholine rings is 1. The van der Waals surface area contributed by atoms with Gasteiger partial charge in [-0.05, 0) is 24.1 Å². The molecule has 0 spiro atoms. The predicted molar refractivity (Wildman–Crippen MR) is 89.8 cm³/mol. The molecule has 0 aliphatic carbocycles. The molecule has 124 valence electrons. The molecule has 2 aliphatic heterocycles. The summed E-state index contributed by atoms with van der Waals surface area (Å²) in [5.74, 6) is 0.280. The number of nitrogens with zero attached hydrogens (tertiary/aromatic N) is 2. The van der Waals surface area contributed by atoms with Gasteiger partial charge in [-0.25, -0.2) is 0 Å². The Bertz CT molecular complexity index is 576. The minimum absolute atomic E-state index is 0.0748. The molecule has 2 fully saturated rings. The zero-order valence-corrected chi connectivity index (χ0v) is 14.6. The van der Waals surface area contributed by atoms with Gasteiger partial charge in [-0.1, -0.05) is 28.1 Å². The van der Waals surface area contributed by atoms with Crippen LogP contribution in [0.3, 0.4) is 0 Å². The molecule has 0 bridgehead atoms. The first kappa shape index (κ1) is 16.5. The van der Waals surface area contributed by atoms with Crippen molar-refractivity contribution in [3.8, 4) is 0 Å². The summed E-state index contributed by atoms with van der Waals surface area (Å²) < 4.78 is 6.83. The third kappa shape index (κ3) is 4.12. The van der Waals surface area contributed by atoms with E-state index in [-0.39, 0.29) is 17.9 Å². The number of likely N-dealkylation sites (tertiary alicyclic amines) is 1. The first-order chi connectivity index (χ1) is 11.1. The predicted octanol–water partition coefficient (Wildman–Crippen LogP) is 2.36. The third-order valence-corrected chi connectivity index (χ3v) is 4.96. The summed E-state index contributed by atoms with van der Waals surface area (Å²) in [7, 11) is 0. The number of amides is 2. The highest BCUT2D eigenvalue weighted by atomic mass is 79.9. The van der Waals surface area contributed by atoms with Crippen molar-refractivity contribution in [2.24, 2.45) is 0 Å². The van der Waals surface area contributed by atoms with Crippen molar-refractivity contribution in [1.29, 1.82) is 0 Å². The van der Waals surface area contributed by atoms with Crippen LogP contribution in [0.1, 0.15) is 30.9 Å². The molecular formula is C17H21BrN2O3. The minimum atomic E-state index is -0.0748. The quantitative estimate of drug-likeness (QED) is 0.805. The number of ether oxygens (including phenoxy) is 1. The Kier molecular flexibility index (Phi) is 5.33. The zero-order valence-electron chi connectivity index (χ0n) is 13.0. The first-order valence-electron chi connectivity index (χ1n) is 8.06. The van der Waals surface area contributed by atoms with E-state index < -0.39 is 0 Å². The highest BCUT2D eigenvalue weighted by Crippen LogP contribution is 2.24. The molecule has 3 rings (SSSR count). The van der Waals surface area contributed by atoms with E-state index in [2.05, 4.69) is 15.9 Å². The Morgan fingerprint density at radius 3 is 2.74 bits per heavy atom. The van der Waals surface area contributed by atoms with Crippen LogP contribution in [-0.4, -0.2) is 54.4 Å². The molecule has 0 saturated carbocycles. The van der Waals surface area contributed by atoms with E-state index in [0.717, 1.165) is 23.0 Å². The fourth-order valence-corrected chi connectivity index (χ4v) is 3.35. The molecule has 0 aromatic heterocycles. The van der Waals surface area contributed by atoms with Crippen LogP contribution in [0.4, 0.5) is 0 Å². The molecule has 0 radical (unpaired) electrons. The SMILES string of the molecule is O=C1CCCN1CCC(=O)N1CCOC(c2ccc(Br)cc2)C1. The maximum absolute atomic E-state index is 12.4. The van der Waals surface area contributed by atoms with E-state index in [9.17, 15) is 9.59 Å². The lowest BCUT2D eigenvalue weighted by molar-refractivity contribution is -0.139. The fourth-order valence-electron chi connectivity index (χ4n) is 3.08. The average Bonchev–Trinajstić information content (AvgIpc) is 2.98. The van der Waals surface area contributed by atoms with Crippen molar-refractivity contribution < 1.29 is 14.3 Å². The summed E-state index contributed by atoms with van der Waals surface area (Å²) in [5, 5.41) is 0. The van der Waals surface area contributed by atoms with E-state index in [0.29, 0.717) is 39.1 Å². The Hall–Kier alpha value is -1.40. The topological polar surface area (TPSA) is 49.9 Å². The van der Waals surface area contributed by atoms with Crippen molar-refractivity contribution in [1.82, 2.24) is 9.80 Å². The average molecular weight is 381 g/mol. The van der Waals surface area contributed by atoms with Gasteiger partial charge in [0.1, 0.15) is 6.10 Å². The van der Waals surface area contributed by atoms with Crippen LogP contribution in [0.5, 0.6) is 0 Å². The van der Waals surface area contributed by atoms with Crippen molar-refractivity contribution in [3.05, 3.63) is 34.3 Å². The summed E-state index contributed by atoms with van der Waals surface area (Å²) in [6.07, 6.45) is 1.86. The normalized spacial score (nSPS) is 21.8. The van der Waals surface area contributed by atoms with E-state index >= 15 is 0 Å². The Morgan fingerprint density at radius 1 is 1.26 bits per heavy atom. The van der Waals surface area contributed by atoms with Gasteiger partial charge >= 0.3 is 0 Å². The highest BCUT2D eigenvalue weighted by molar-refractivity contribution is 9.10. The van der Waals surface area contributed by atoms with Crippen molar-refractivity contribution in [2.45, 2.75) is 25.4 Å². The second-order valence-electron chi connectivity index (χ2n) is 5.99. The molecule has 5 nitrogen and oxygen atoms in total. The molecular weight excluding hydrogens is 360 g/mol. The summed E-state index contributed by atoms with van der Waals surface area (Å²) >= 11 is 3.42. The first-order valence-corrected chi connectivity index (χ1v) is 8.85. The Labute approximate surface area is 144 Å². The molecule has 1 atom stereocenters. The Morgan fingerprint density at radius 2 is 2.04 bits per heavy atom. The Balaban J connectivity index is 1.54. The lowest BCUT2D eigenvalue weighted by Gasteiger charge is -2.33. The van der Waals surface area contributed by atoms with Gasteiger partial charge in [0.25, 0.3) is 0 Å². The number of benzene rings is 1. The summed E-state index contributed by atoms with van der Waals surface area (Å²) in [6.45, 7) is 3.08. The molecule has 0 N–H and O–H groups in total. The molecule has 2 heterocycles. The lowest BCUT2D eigenvalue weighted by Crippen LogP contribution is -2.43. The third-order valence-electron chi connectivity index (χ3n) is 4.43. The van der Waals surface area contributed by atoms with Crippen LogP contribution in [0.25, 0.3) is 0 Å². The second-order valence-corrected chi connectivity index (χ2v) is 6.90. The summed E-state index contributed by atoms with van der Waals surface area (Å²) in [4.78, 5) is 27.7. The van der Waals surface area contributed by atoms with Gasteiger partial charge in [0.05, 0.1) is 13.2 Å². The highest BCUT2D eigenvalue weighted by Gasteiger charge is 2.26. The van der Waals surface area contributed by atoms with Crippen molar-refractivity contribution in [2.75, 3.05) is 32.8 Å². The van der Waals surface area contributed by atoms with Gasteiger partial charge in [-0.15, -0.1) is 0 Å². The molecule has 2 saturated heterocycles. The zero-order chi connectivity index (χ0) is 16.2. The number of halogens is 1. The van der Waals surface area contributed by atoms with E-state index in [1.807, 2.05) is 29.2 Å². The maximum Gasteiger partial charge on any atom is 0.224 e. The lowest BCUT2D eigenvalue weighted by atomic mass is 10.1. The van der Waals surface area contributed by atoms with Crippen LogP contribution in [-0.2, 0) is 14.3 Å². The van der Waals surface area contributed by atoms with Crippen LogP contribution in [0.2, 0.25) is 0 Å². The molecule has 1 aromatic carbocycles. The standard InChI is InChI=1S/C17H21BrN2O3/c18-14-5-3-13(4-6-14)15-12-20(10-11-23-15)17(22)7-9-19-8-1-2-16(19)21/h3-6,15H,1-2,7-12H2. The number of hydrogen-bond acceptors (Lipinski definition) is 3. The minimum Gasteiger partial charge on any atom is -0.370 e. The van der Waals surface area contributed by atoms with Gasteiger partial charge in [0.2, 0.25) is 11.8 Å².